The molecule has 26 heavy (non-hydrogen) atoms. The first-order chi connectivity index (χ1) is 12.0. The summed E-state index contributed by atoms with van der Waals surface area (Å²) in [6, 6.07) is 0. The van der Waals surface area contributed by atoms with Gasteiger partial charge in [0.25, 0.3) is 0 Å². The lowest BCUT2D eigenvalue weighted by Gasteiger charge is -2.74. The SMILES string of the molecule is C=C1C(=O)[C@]23CC1CC(O)[C@@H]2[C@@]12CO[C@]3(O)C(O)[C@H]1C(C)(C)CCC2O. The maximum atomic E-state index is 13.3. The van der Waals surface area contributed by atoms with Gasteiger partial charge in [-0.2, -0.15) is 0 Å². The molecule has 4 N–H and O–H groups in total. The van der Waals surface area contributed by atoms with Crippen LogP contribution in [0.15, 0.2) is 12.2 Å². The van der Waals surface area contributed by atoms with Gasteiger partial charge in [-0.25, -0.2) is 0 Å². The number of allylic oxidation sites excluding steroid dienone is 1. The van der Waals surface area contributed by atoms with Crippen LogP contribution in [-0.4, -0.2) is 56.9 Å². The van der Waals surface area contributed by atoms with Gasteiger partial charge >= 0.3 is 0 Å². The molecule has 0 aromatic heterocycles. The highest BCUT2D eigenvalue weighted by Crippen LogP contribution is 2.76. The molecule has 2 spiro atoms. The van der Waals surface area contributed by atoms with Crippen molar-refractivity contribution in [1.29, 1.82) is 0 Å². The van der Waals surface area contributed by atoms with Gasteiger partial charge in [-0.15, -0.1) is 0 Å². The van der Waals surface area contributed by atoms with Crippen LogP contribution in [0, 0.1) is 34.0 Å². The fourth-order valence-electron chi connectivity index (χ4n) is 7.88. The van der Waals surface area contributed by atoms with Crippen molar-refractivity contribution >= 4 is 5.78 Å². The van der Waals surface area contributed by atoms with E-state index in [1.54, 1.807) is 0 Å². The molecular formula is C20H28O6. The van der Waals surface area contributed by atoms with Crippen LogP contribution in [0.5, 0.6) is 0 Å². The van der Waals surface area contributed by atoms with E-state index in [9.17, 15) is 25.2 Å². The Hall–Kier alpha value is -0.790. The van der Waals surface area contributed by atoms with Crippen LogP contribution in [0.4, 0.5) is 0 Å². The fourth-order valence-corrected chi connectivity index (χ4v) is 7.88. The third-order valence-electron chi connectivity index (χ3n) is 8.78. The quantitative estimate of drug-likeness (QED) is 0.463. The summed E-state index contributed by atoms with van der Waals surface area (Å²) in [5, 5.41) is 45.1. The third kappa shape index (κ3) is 1.47. The smallest absolute Gasteiger partial charge is 0.205 e. The molecule has 6 aliphatic rings. The molecule has 6 rings (SSSR count). The largest absolute Gasteiger partial charge is 0.393 e. The Morgan fingerprint density at radius 3 is 2.58 bits per heavy atom. The van der Waals surface area contributed by atoms with Crippen LogP contribution in [0.25, 0.3) is 0 Å². The number of Topliss-reactive ketones (excluding diaryl/α,β-unsaturated/α-hetero) is 1. The molecule has 6 fully saturated rings. The van der Waals surface area contributed by atoms with E-state index in [2.05, 4.69) is 6.58 Å². The monoisotopic (exact) mass is 364 g/mol. The number of aliphatic hydroxyl groups excluding tert-OH is 3. The third-order valence-corrected chi connectivity index (χ3v) is 8.78. The van der Waals surface area contributed by atoms with Gasteiger partial charge in [0.1, 0.15) is 6.10 Å². The zero-order chi connectivity index (χ0) is 18.9. The summed E-state index contributed by atoms with van der Waals surface area (Å²) < 4.78 is 5.83. The minimum absolute atomic E-state index is 0.0454. The van der Waals surface area contributed by atoms with E-state index in [0.717, 1.165) is 0 Å². The molecular weight excluding hydrogens is 336 g/mol. The Bertz CT molecular complexity index is 717. The van der Waals surface area contributed by atoms with E-state index >= 15 is 0 Å². The zero-order valence-corrected chi connectivity index (χ0v) is 15.3. The second kappa shape index (κ2) is 4.61. The summed E-state index contributed by atoms with van der Waals surface area (Å²) in [5.74, 6) is -3.66. The molecule has 2 saturated heterocycles. The average molecular weight is 364 g/mol. The minimum Gasteiger partial charge on any atom is -0.393 e. The van der Waals surface area contributed by atoms with Crippen molar-refractivity contribution in [2.75, 3.05) is 6.61 Å². The molecule has 0 aromatic carbocycles. The minimum atomic E-state index is -2.05. The molecule has 4 aliphatic carbocycles. The highest BCUT2D eigenvalue weighted by Gasteiger charge is 2.85. The predicted octanol–water partition coefficient (Wildman–Crippen LogP) is 0.376. The lowest BCUT2D eigenvalue weighted by atomic mass is 9.35. The van der Waals surface area contributed by atoms with Gasteiger partial charge in [0.15, 0.2) is 5.78 Å². The maximum Gasteiger partial charge on any atom is 0.205 e. The van der Waals surface area contributed by atoms with E-state index in [1.807, 2.05) is 13.8 Å². The van der Waals surface area contributed by atoms with Crippen LogP contribution >= 0.6 is 0 Å². The number of fused-ring (bicyclic) bond motifs is 2. The highest BCUT2D eigenvalue weighted by atomic mass is 16.6. The number of ether oxygens (including phenoxy) is 1. The lowest BCUT2D eigenvalue weighted by molar-refractivity contribution is -0.455. The van der Waals surface area contributed by atoms with Gasteiger partial charge < -0.3 is 25.2 Å². The predicted molar refractivity (Wildman–Crippen MR) is 90.7 cm³/mol. The fraction of sp³-hybridized carbons (Fsp3) is 0.850. The Labute approximate surface area is 152 Å². The number of carbonyl (C=O) groups is 1. The number of hydrogen-bond acceptors (Lipinski definition) is 6. The molecule has 6 nitrogen and oxygen atoms in total. The van der Waals surface area contributed by atoms with Crippen molar-refractivity contribution in [2.24, 2.45) is 34.0 Å². The van der Waals surface area contributed by atoms with Gasteiger partial charge in [0, 0.05) is 17.3 Å². The second-order valence-electron chi connectivity index (χ2n) is 10.1. The van der Waals surface area contributed by atoms with Crippen LogP contribution in [0.2, 0.25) is 0 Å². The van der Waals surface area contributed by atoms with E-state index in [-0.39, 0.29) is 23.7 Å². The van der Waals surface area contributed by atoms with Crippen LogP contribution in [0.1, 0.15) is 39.5 Å². The Morgan fingerprint density at radius 1 is 1.19 bits per heavy atom. The van der Waals surface area contributed by atoms with E-state index in [1.165, 1.54) is 0 Å². The molecule has 4 unspecified atom stereocenters. The first-order valence-corrected chi connectivity index (χ1v) is 9.68. The molecule has 2 aliphatic heterocycles. The first-order valence-electron chi connectivity index (χ1n) is 9.68. The number of ketones is 1. The van der Waals surface area contributed by atoms with Crippen molar-refractivity contribution < 1.29 is 30.0 Å². The Kier molecular flexibility index (Phi) is 3.07. The van der Waals surface area contributed by atoms with E-state index < -0.39 is 46.8 Å². The number of carbonyl (C=O) groups excluding carboxylic acids is 1. The van der Waals surface area contributed by atoms with Gasteiger partial charge in [0.05, 0.1) is 24.2 Å². The Morgan fingerprint density at radius 2 is 1.88 bits per heavy atom. The summed E-state index contributed by atoms with van der Waals surface area (Å²) >= 11 is 0. The number of aliphatic hydroxyl groups is 4. The lowest BCUT2D eigenvalue weighted by Crippen LogP contribution is -2.85. The number of rotatable bonds is 0. The molecule has 9 atom stereocenters. The molecule has 0 aromatic rings. The van der Waals surface area contributed by atoms with Gasteiger partial charge in [-0.05, 0) is 42.6 Å². The molecule has 0 amide bonds. The highest BCUT2D eigenvalue weighted by molar-refractivity contribution is 6.04. The normalized spacial score (nSPS) is 59.9. The first kappa shape index (κ1) is 17.3. The second-order valence-corrected chi connectivity index (χ2v) is 10.1. The van der Waals surface area contributed by atoms with Crippen molar-refractivity contribution in [3.8, 4) is 0 Å². The molecule has 0 radical (unpaired) electrons. The van der Waals surface area contributed by atoms with Gasteiger partial charge in [-0.1, -0.05) is 20.4 Å². The standard InChI is InChI=1S/C20H28O6/c1-9-10-6-11(21)13-18-8-26-20(25,19(13,7-10)15(9)23)16(24)14(18)17(2,3)5-4-12(18)22/h10-14,16,21-22,24-25H,1,4-8H2,2-3H3/t10?,11?,12?,13-,14+,16?,18+,19+,20-/m1/s1. The molecule has 6 heteroatoms. The number of hydrogen-bond donors (Lipinski definition) is 4. The molecule has 2 heterocycles. The Balaban J connectivity index is 1.81. The van der Waals surface area contributed by atoms with Crippen molar-refractivity contribution in [1.82, 2.24) is 0 Å². The van der Waals surface area contributed by atoms with Crippen molar-refractivity contribution in [2.45, 2.75) is 63.6 Å². The van der Waals surface area contributed by atoms with Gasteiger partial charge in [0.2, 0.25) is 5.79 Å². The van der Waals surface area contributed by atoms with Crippen molar-refractivity contribution in [3.05, 3.63) is 12.2 Å². The van der Waals surface area contributed by atoms with Crippen LogP contribution < -0.4 is 0 Å². The summed E-state index contributed by atoms with van der Waals surface area (Å²) in [6.45, 7) is 8.01. The molecule has 144 valence electrons. The van der Waals surface area contributed by atoms with Crippen LogP contribution in [0.3, 0.4) is 0 Å². The average Bonchev–Trinajstić information content (AvgIpc) is 2.76. The van der Waals surface area contributed by atoms with Gasteiger partial charge in [-0.3, -0.25) is 4.79 Å². The summed E-state index contributed by atoms with van der Waals surface area (Å²) in [4.78, 5) is 13.3. The van der Waals surface area contributed by atoms with Crippen molar-refractivity contribution in [3.63, 3.8) is 0 Å². The molecule has 4 saturated carbocycles. The summed E-state index contributed by atoms with van der Waals surface area (Å²) in [6.07, 6.45) is -0.978. The summed E-state index contributed by atoms with van der Waals surface area (Å²) in [5.41, 5.74) is -2.32. The van der Waals surface area contributed by atoms with Crippen LogP contribution in [-0.2, 0) is 9.53 Å². The topological polar surface area (TPSA) is 107 Å². The van der Waals surface area contributed by atoms with E-state index in [4.69, 9.17) is 4.74 Å². The van der Waals surface area contributed by atoms with E-state index in [0.29, 0.717) is 31.3 Å². The molecule has 4 bridgehead atoms. The zero-order valence-electron chi connectivity index (χ0n) is 15.3. The maximum absolute atomic E-state index is 13.3. The summed E-state index contributed by atoms with van der Waals surface area (Å²) in [7, 11) is 0.